The zero-order valence-electron chi connectivity index (χ0n) is 16.3. The zero-order chi connectivity index (χ0) is 19.8. The number of rotatable bonds is 7. The minimum absolute atomic E-state index is 0.325. The summed E-state index contributed by atoms with van der Waals surface area (Å²) >= 11 is 5.49. The van der Waals surface area contributed by atoms with Gasteiger partial charge in [0.25, 0.3) is 0 Å². The molecule has 3 aromatic carbocycles. The highest BCUT2D eigenvalue weighted by molar-refractivity contribution is 7.80. The van der Waals surface area contributed by atoms with Crippen molar-refractivity contribution in [3.8, 4) is 5.75 Å². The summed E-state index contributed by atoms with van der Waals surface area (Å²) in [5, 5.41) is 7.19. The van der Waals surface area contributed by atoms with Gasteiger partial charge in [0.05, 0.1) is 12.8 Å². The molecule has 2 N–H and O–H groups in total. The molecule has 3 nitrogen and oxygen atoms in total. The predicted octanol–water partition coefficient (Wildman–Crippen LogP) is 5.51. The summed E-state index contributed by atoms with van der Waals surface area (Å²) in [6, 6.07) is 27.2. The number of ether oxygens (including phenoxy) is 1. The highest BCUT2D eigenvalue weighted by Gasteiger charge is 2.14. The van der Waals surface area contributed by atoms with Gasteiger partial charge in [-0.15, -0.1) is 0 Å². The lowest BCUT2D eigenvalue weighted by Gasteiger charge is -2.19. The van der Waals surface area contributed by atoms with E-state index in [1.54, 1.807) is 7.11 Å². The smallest absolute Gasteiger partial charge is 0.170 e. The number of thiocarbonyl (C=S) groups is 1. The second-order valence-corrected chi connectivity index (χ2v) is 7.16. The number of nitrogens with one attached hydrogen (secondary N) is 2. The van der Waals surface area contributed by atoms with Crippen molar-refractivity contribution in [3.63, 3.8) is 0 Å². The van der Waals surface area contributed by atoms with E-state index in [1.807, 2.05) is 25.1 Å². The summed E-state index contributed by atoms with van der Waals surface area (Å²) in [5.41, 5.74) is 4.66. The van der Waals surface area contributed by atoms with E-state index in [4.69, 9.17) is 17.0 Å². The summed E-state index contributed by atoms with van der Waals surface area (Å²) in [4.78, 5) is 0. The van der Waals surface area contributed by atoms with Crippen molar-refractivity contribution in [1.82, 2.24) is 5.32 Å². The molecule has 144 valence electrons. The van der Waals surface area contributed by atoms with Crippen LogP contribution >= 0.6 is 12.2 Å². The Balaban J connectivity index is 1.63. The van der Waals surface area contributed by atoms with Crippen LogP contribution in [0.5, 0.6) is 5.75 Å². The molecular weight excluding hydrogens is 364 g/mol. The summed E-state index contributed by atoms with van der Waals surface area (Å²) < 4.78 is 5.41. The lowest BCUT2D eigenvalue weighted by Crippen LogP contribution is -2.30. The molecule has 0 atom stereocenters. The molecule has 0 saturated carbocycles. The highest BCUT2D eigenvalue weighted by atomic mass is 32.1. The number of anilines is 1. The number of methoxy groups -OCH3 is 1. The van der Waals surface area contributed by atoms with Crippen molar-refractivity contribution in [1.29, 1.82) is 0 Å². The molecule has 0 spiro atoms. The van der Waals surface area contributed by atoms with Crippen molar-refractivity contribution < 1.29 is 4.74 Å². The second-order valence-electron chi connectivity index (χ2n) is 6.75. The minimum Gasteiger partial charge on any atom is -0.495 e. The van der Waals surface area contributed by atoms with E-state index in [2.05, 4.69) is 71.3 Å². The Hall–Kier alpha value is -2.85. The van der Waals surface area contributed by atoms with E-state index in [-0.39, 0.29) is 0 Å². The van der Waals surface area contributed by atoms with Crippen molar-refractivity contribution >= 4 is 23.0 Å². The first-order chi connectivity index (χ1) is 13.7. The average molecular weight is 391 g/mol. The third-order valence-corrected chi connectivity index (χ3v) is 4.97. The van der Waals surface area contributed by atoms with Crippen LogP contribution in [0.25, 0.3) is 0 Å². The third kappa shape index (κ3) is 5.33. The second kappa shape index (κ2) is 9.90. The topological polar surface area (TPSA) is 33.3 Å². The average Bonchev–Trinajstić information content (AvgIpc) is 2.73. The molecule has 4 heteroatoms. The Labute approximate surface area is 172 Å². The molecule has 0 heterocycles. The molecule has 0 aliphatic heterocycles. The van der Waals surface area contributed by atoms with Gasteiger partial charge in [-0.1, -0.05) is 66.7 Å². The van der Waals surface area contributed by atoms with Crippen LogP contribution in [0.4, 0.5) is 5.69 Å². The standard InChI is InChI=1S/C24H26N2OS/c1-18-13-14-23(27-2)22(17-18)26-24(28)25-16-15-21(19-9-5-3-6-10-19)20-11-7-4-8-12-20/h3-14,17,21H,15-16H2,1-2H3,(H2,25,26,28). The van der Waals surface area contributed by atoms with E-state index in [9.17, 15) is 0 Å². The molecule has 0 fully saturated rings. The van der Waals surface area contributed by atoms with E-state index in [0.717, 1.165) is 30.0 Å². The van der Waals surface area contributed by atoms with Crippen LogP contribution in [0.15, 0.2) is 78.9 Å². The molecular formula is C24H26N2OS. The number of aryl methyl sites for hydroxylation is 1. The minimum atomic E-state index is 0.325. The quantitative estimate of drug-likeness (QED) is 0.521. The molecule has 0 radical (unpaired) electrons. The van der Waals surface area contributed by atoms with E-state index in [1.165, 1.54) is 11.1 Å². The third-order valence-electron chi connectivity index (χ3n) is 4.73. The van der Waals surface area contributed by atoms with Crippen LogP contribution in [0, 0.1) is 6.92 Å². The normalized spacial score (nSPS) is 10.5. The fourth-order valence-electron chi connectivity index (χ4n) is 3.31. The monoisotopic (exact) mass is 390 g/mol. The van der Waals surface area contributed by atoms with Crippen LogP contribution in [0.2, 0.25) is 0 Å². The Kier molecular flexibility index (Phi) is 7.04. The maximum absolute atomic E-state index is 5.49. The Morgan fingerprint density at radius 3 is 2.11 bits per heavy atom. The van der Waals surface area contributed by atoms with Gasteiger partial charge in [0.15, 0.2) is 5.11 Å². The fourth-order valence-corrected chi connectivity index (χ4v) is 3.52. The van der Waals surface area contributed by atoms with Crippen molar-refractivity contribution in [2.75, 3.05) is 19.0 Å². The summed E-state index contributed by atoms with van der Waals surface area (Å²) in [5.74, 6) is 1.10. The molecule has 0 unspecified atom stereocenters. The van der Waals surface area contributed by atoms with Crippen LogP contribution in [-0.4, -0.2) is 18.8 Å². The van der Waals surface area contributed by atoms with Gasteiger partial charge in [0, 0.05) is 12.5 Å². The van der Waals surface area contributed by atoms with Crippen molar-refractivity contribution in [2.45, 2.75) is 19.3 Å². The fraction of sp³-hybridized carbons (Fsp3) is 0.208. The van der Waals surface area contributed by atoms with Gasteiger partial charge in [0.1, 0.15) is 5.75 Å². The molecule has 3 aromatic rings. The Morgan fingerprint density at radius 1 is 0.929 bits per heavy atom. The van der Waals surface area contributed by atoms with E-state index < -0.39 is 0 Å². The number of benzene rings is 3. The van der Waals surface area contributed by atoms with Gasteiger partial charge in [-0.25, -0.2) is 0 Å². The molecule has 0 aliphatic rings. The predicted molar refractivity (Wildman–Crippen MR) is 121 cm³/mol. The van der Waals surface area contributed by atoms with Gasteiger partial charge in [-0.3, -0.25) is 0 Å². The Bertz CT molecular complexity index is 857. The summed E-state index contributed by atoms with van der Waals surface area (Å²) in [6.07, 6.45) is 0.945. The first-order valence-corrected chi connectivity index (χ1v) is 9.87. The lowest BCUT2D eigenvalue weighted by molar-refractivity contribution is 0.417. The molecule has 0 aromatic heterocycles. The number of hydrogen-bond acceptors (Lipinski definition) is 2. The molecule has 0 bridgehead atoms. The van der Waals surface area contributed by atoms with Gasteiger partial charge in [-0.05, 0) is 54.4 Å². The molecule has 3 rings (SSSR count). The van der Waals surface area contributed by atoms with Crippen molar-refractivity contribution in [2.24, 2.45) is 0 Å². The zero-order valence-corrected chi connectivity index (χ0v) is 17.1. The maximum Gasteiger partial charge on any atom is 0.170 e. The molecule has 0 saturated heterocycles. The van der Waals surface area contributed by atoms with E-state index >= 15 is 0 Å². The summed E-state index contributed by atoms with van der Waals surface area (Å²) in [7, 11) is 1.66. The molecule has 28 heavy (non-hydrogen) atoms. The molecule has 0 amide bonds. The first-order valence-electron chi connectivity index (χ1n) is 9.47. The van der Waals surface area contributed by atoms with Crippen LogP contribution in [0.1, 0.15) is 29.0 Å². The maximum atomic E-state index is 5.49. The summed E-state index contributed by atoms with van der Waals surface area (Å²) in [6.45, 7) is 2.82. The molecule has 0 aliphatic carbocycles. The SMILES string of the molecule is COc1ccc(C)cc1NC(=S)NCCC(c1ccccc1)c1ccccc1. The highest BCUT2D eigenvalue weighted by Crippen LogP contribution is 2.28. The first kappa shape index (κ1) is 19.9. The largest absolute Gasteiger partial charge is 0.495 e. The van der Waals surface area contributed by atoms with Gasteiger partial charge < -0.3 is 15.4 Å². The van der Waals surface area contributed by atoms with Gasteiger partial charge in [-0.2, -0.15) is 0 Å². The van der Waals surface area contributed by atoms with Crippen LogP contribution in [0.3, 0.4) is 0 Å². The van der Waals surface area contributed by atoms with E-state index in [0.29, 0.717) is 11.0 Å². The van der Waals surface area contributed by atoms with Gasteiger partial charge in [0.2, 0.25) is 0 Å². The van der Waals surface area contributed by atoms with Crippen LogP contribution < -0.4 is 15.4 Å². The Morgan fingerprint density at radius 2 is 1.54 bits per heavy atom. The lowest BCUT2D eigenvalue weighted by atomic mass is 9.88. The van der Waals surface area contributed by atoms with Crippen LogP contribution in [-0.2, 0) is 0 Å². The number of hydrogen-bond donors (Lipinski definition) is 2. The van der Waals surface area contributed by atoms with Gasteiger partial charge >= 0.3 is 0 Å². The van der Waals surface area contributed by atoms with Crippen molar-refractivity contribution in [3.05, 3.63) is 95.6 Å².